The molecule has 0 heterocycles. The summed E-state index contributed by atoms with van der Waals surface area (Å²) in [5, 5.41) is 13.8. The Morgan fingerprint density at radius 1 is 0.547 bits per heavy atom. The number of unbranched alkanes of at least 4 members (excludes halogenated alkanes) is 21. The van der Waals surface area contributed by atoms with E-state index < -0.39 is 20.0 Å². The van der Waals surface area contributed by atoms with Gasteiger partial charge >= 0.3 is 7.82 Å². The number of carbonyl (C=O) groups excluding carboxylic acids is 1. The number of nitrogens with one attached hydrogen (secondary N) is 1. The van der Waals surface area contributed by atoms with Gasteiger partial charge in [-0.15, -0.1) is 0 Å². The molecule has 3 N–H and O–H groups in total. The second-order valence-electron chi connectivity index (χ2n) is 18.5. The number of quaternary nitrogens is 1. The standard InChI is InChI=1S/C55H99N2O6P/c1-6-8-10-12-14-16-18-20-22-24-25-26-27-28-29-30-31-33-34-36-38-40-42-44-46-48-54(58)53(52-63-64(60,61)62-51-50-57(3,4)5)56-55(59)49-47-45-43-41-39-37-35-32-23-21-19-17-15-13-11-9-7-2/h9,11,15,17,21,23,35,37-38,40-41,43,46,48,53-54,58H,6-8,10,12-14,16,18-20,22,24-34,36,39,42,44-45,47,49-52H2,1-5H3,(H-,56,59,60,61)/p+1/b11-9-,17-15-,23-21-,37-35-,40-38+,43-41-,48-46+. The molecule has 3 unspecified atom stereocenters. The molecule has 1 amide bonds. The Bertz CT molecular complexity index is 1310. The van der Waals surface area contributed by atoms with Crippen LogP contribution in [-0.4, -0.2) is 73.4 Å². The van der Waals surface area contributed by atoms with E-state index in [2.05, 4.69) is 92.1 Å². The lowest BCUT2D eigenvalue weighted by Gasteiger charge is -2.25. The normalized spacial score (nSPS) is 14.8. The molecule has 0 aromatic heterocycles. The topological polar surface area (TPSA) is 105 Å². The van der Waals surface area contributed by atoms with Gasteiger partial charge in [0, 0.05) is 6.42 Å². The first-order chi connectivity index (χ1) is 31.0. The lowest BCUT2D eigenvalue weighted by atomic mass is 10.0. The lowest BCUT2D eigenvalue weighted by Crippen LogP contribution is -2.45. The molecule has 0 rings (SSSR count). The molecule has 3 atom stereocenters. The molecule has 0 saturated heterocycles. The number of hydrogen-bond donors (Lipinski definition) is 3. The molecule has 8 nitrogen and oxygen atoms in total. The average Bonchev–Trinajstić information content (AvgIpc) is 3.25. The summed E-state index contributed by atoms with van der Waals surface area (Å²) in [7, 11) is 1.51. The van der Waals surface area contributed by atoms with Gasteiger partial charge in [0.1, 0.15) is 13.2 Å². The smallest absolute Gasteiger partial charge is 0.387 e. The van der Waals surface area contributed by atoms with Crippen LogP contribution in [0.2, 0.25) is 0 Å². The summed E-state index contributed by atoms with van der Waals surface area (Å²) in [6.45, 7) is 4.63. The van der Waals surface area contributed by atoms with E-state index in [1.807, 2.05) is 27.2 Å². The molecule has 0 aromatic carbocycles. The van der Waals surface area contributed by atoms with Crippen molar-refractivity contribution < 1.29 is 32.9 Å². The van der Waals surface area contributed by atoms with Crippen LogP contribution in [0.15, 0.2) is 85.1 Å². The van der Waals surface area contributed by atoms with Crippen molar-refractivity contribution >= 4 is 13.7 Å². The zero-order chi connectivity index (χ0) is 47.1. The molecule has 0 radical (unpaired) electrons. The van der Waals surface area contributed by atoms with Gasteiger partial charge in [0.15, 0.2) is 0 Å². The molecule has 0 saturated carbocycles. The lowest BCUT2D eigenvalue weighted by molar-refractivity contribution is -0.870. The Hall–Kier alpha value is -2.32. The largest absolute Gasteiger partial charge is 0.472 e. The van der Waals surface area contributed by atoms with Gasteiger partial charge in [-0.1, -0.05) is 214 Å². The van der Waals surface area contributed by atoms with E-state index in [4.69, 9.17) is 9.05 Å². The van der Waals surface area contributed by atoms with Crippen LogP contribution >= 0.6 is 7.82 Å². The van der Waals surface area contributed by atoms with Crippen molar-refractivity contribution in [3.63, 3.8) is 0 Å². The summed E-state index contributed by atoms with van der Waals surface area (Å²) in [6.07, 6.45) is 64.1. The fourth-order valence-electron chi connectivity index (χ4n) is 7.03. The fraction of sp³-hybridized carbons (Fsp3) is 0.727. The fourth-order valence-corrected chi connectivity index (χ4v) is 7.77. The maximum atomic E-state index is 12.9. The van der Waals surface area contributed by atoms with Crippen molar-refractivity contribution in [1.29, 1.82) is 0 Å². The number of allylic oxidation sites excluding steroid dienone is 13. The molecule has 0 aliphatic carbocycles. The van der Waals surface area contributed by atoms with Gasteiger partial charge in [0.05, 0.1) is 39.9 Å². The molecule has 0 spiro atoms. The highest BCUT2D eigenvalue weighted by atomic mass is 31.2. The maximum absolute atomic E-state index is 12.9. The third-order valence-electron chi connectivity index (χ3n) is 11.1. The zero-order valence-corrected chi connectivity index (χ0v) is 42.9. The third kappa shape index (κ3) is 47.6. The molecule has 0 aromatic rings. The molecule has 0 fully saturated rings. The maximum Gasteiger partial charge on any atom is 0.472 e. The first-order valence-corrected chi connectivity index (χ1v) is 27.5. The number of nitrogens with zero attached hydrogens (tertiary/aromatic N) is 1. The number of hydrogen-bond acceptors (Lipinski definition) is 5. The minimum atomic E-state index is -4.37. The van der Waals surface area contributed by atoms with E-state index in [9.17, 15) is 19.4 Å². The summed E-state index contributed by atoms with van der Waals surface area (Å²) < 4.78 is 23.6. The van der Waals surface area contributed by atoms with Crippen molar-refractivity contribution in [2.45, 2.75) is 219 Å². The second kappa shape index (κ2) is 45.8. The molecular weight excluding hydrogens is 816 g/mol. The number of rotatable bonds is 46. The van der Waals surface area contributed by atoms with E-state index >= 15 is 0 Å². The number of amides is 1. The van der Waals surface area contributed by atoms with Crippen molar-refractivity contribution in [1.82, 2.24) is 5.32 Å². The van der Waals surface area contributed by atoms with E-state index in [-0.39, 0.29) is 25.5 Å². The monoisotopic (exact) mass is 916 g/mol. The molecular formula is C55H100N2O6P+. The molecule has 0 aliphatic heterocycles. The first-order valence-electron chi connectivity index (χ1n) is 26.0. The minimum absolute atomic E-state index is 0.0413. The van der Waals surface area contributed by atoms with Crippen molar-refractivity contribution in [3.05, 3.63) is 85.1 Å². The Labute approximate surface area is 395 Å². The molecule has 64 heavy (non-hydrogen) atoms. The Morgan fingerprint density at radius 3 is 1.44 bits per heavy atom. The Balaban J connectivity index is 4.40. The minimum Gasteiger partial charge on any atom is -0.387 e. The van der Waals surface area contributed by atoms with Gasteiger partial charge in [-0.3, -0.25) is 13.8 Å². The summed E-state index contributed by atoms with van der Waals surface area (Å²) >= 11 is 0. The second-order valence-corrected chi connectivity index (χ2v) is 20.0. The van der Waals surface area contributed by atoms with Crippen molar-refractivity contribution in [3.8, 4) is 0 Å². The highest BCUT2D eigenvalue weighted by Crippen LogP contribution is 2.43. The quantitative estimate of drug-likeness (QED) is 0.0243. The number of phosphoric acid groups is 1. The van der Waals surface area contributed by atoms with Gasteiger partial charge in [0.25, 0.3) is 0 Å². The van der Waals surface area contributed by atoms with Gasteiger partial charge in [0.2, 0.25) is 5.91 Å². The van der Waals surface area contributed by atoms with E-state index in [1.165, 1.54) is 122 Å². The van der Waals surface area contributed by atoms with Crippen molar-refractivity contribution in [2.75, 3.05) is 40.9 Å². The van der Waals surface area contributed by atoms with E-state index in [1.54, 1.807) is 6.08 Å². The Morgan fingerprint density at radius 2 is 0.953 bits per heavy atom. The highest BCUT2D eigenvalue weighted by Gasteiger charge is 2.27. The van der Waals surface area contributed by atoms with Crippen molar-refractivity contribution in [2.24, 2.45) is 0 Å². The van der Waals surface area contributed by atoms with Crippen LogP contribution in [0.4, 0.5) is 0 Å². The summed E-state index contributed by atoms with van der Waals surface area (Å²) in [5.74, 6) is -0.245. The number of phosphoric ester groups is 1. The predicted molar refractivity (Wildman–Crippen MR) is 276 cm³/mol. The number of likely N-dealkylation sites (N-methyl/N-ethyl adjacent to an activating group) is 1. The zero-order valence-electron chi connectivity index (χ0n) is 42.0. The number of carbonyl (C=O) groups is 1. The first kappa shape index (κ1) is 61.7. The van der Waals surface area contributed by atoms with Crippen LogP contribution in [0.25, 0.3) is 0 Å². The van der Waals surface area contributed by atoms with Crippen LogP contribution in [0, 0.1) is 0 Å². The van der Waals surface area contributed by atoms with Crippen LogP contribution in [0.1, 0.15) is 206 Å². The molecule has 0 aliphatic rings. The number of aliphatic hydroxyl groups excluding tert-OH is 1. The Kier molecular flexibility index (Phi) is 44.2. The summed E-state index contributed by atoms with van der Waals surface area (Å²) in [5.41, 5.74) is 0. The van der Waals surface area contributed by atoms with Crippen LogP contribution in [0.5, 0.6) is 0 Å². The average molecular weight is 916 g/mol. The van der Waals surface area contributed by atoms with Crippen LogP contribution in [0.3, 0.4) is 0 Å². The van der Waals surface area contributed by atoms with Crippen LogP contribution in [-0.2, 0) is 18.4 Å². The van der Waals surface area contributed by atoms with E-state index in [0.29, 0.717) is 17.4 Å². The number of aliphatic hydroxyl groups is 1. The molecule has 0 bridgehead atoms. The predicted octanol–water partition coefficient (Wildman–Crippen LogP) is 15.3. The van der Waals surface area contributed by atoms with Crippen LogP contribution < -0.4 is 5.32 Å². The highest BCUT2D eigenvalue weighted by molar-refractivity contribution is 7.47. The van der Waals surface area contributed by atoms with Gasteiger partial charge in [-0.05, 0) is 70.6 Å². The molecule has 370 valence electrons. The summed E-state index contributed by atoms with van der Waals surface area (Å²) in [4.78, 5) is 23.2. The SMILES string of the molecule is CC/C=C\C/C=C\C/C=C\C/C=C\C/C=C\CCCC(=O)NC(COP(=O)(O)OCC[N+](C)(C)C)C(O)/C=C/CC/C=C/CCCCCCCCCCCCCCCCCCCCC. The molecule has 9 heteroatoms. The van der Waals surface area contributed by atoms with Gasteiger partial charge in [-0.25, -0.2) is 4.57 Å². The third-order valence-corrected chi connectivity index (χ3v) is 12.1. The van der Waals surface area contributed by atoms with E-state index in [0.717, 1.165) is 57.8 Å². The van der Waals surface area contributed by atoms with Gasteiger partial charge < -0.3 is 19.8 Å². The summed E-state index contributed by atoms with van der Waals surface area (Å²) in [6, 6.07) is -0.898. The van der Waals surface area contributed by atoms with Gasteiger partial charge in [-0.2, -0.15) is 0 Å².